The molecular weight excluding hydrogens is 441 g/mol. The zero-order valence-electron chi connectivity index (χ0n) is 18.8. The van der Waals surface area contributed by atoms with Gasteiger partial charge in [-0.1, -0.05) is 12.1 Å². The van der Waals surface area contributed by atoms with E-state index in [0.717, 1.165) is 10.9 Å². The number of anilines is 1. The quantitative estimate of drug-likeness (QED) is 0.539. The normalized spacial score (nSPS) is 16.2. The Morgan fingerprint density at radius 3 is 2.85 bits per heavy atom. The first kappa shape index (κ1) is 23.4. The Kier molecular flexibility index (Phi) is 7.17. The molecule has 1 saturated heterocycles. The van der Waals surface area contributed by atoms with Gasteiger partial charge in [0.1, 0.15) is 29.8 Å². The van der Waals surface area contributed by atoms with E-state index in [0.29, 0.717) is 37.6 Å². The van der Waals surface area contributed by atoms with Crippen molar-refractivity contribution in [1.29, 1.82) is 0 Å². The van der Waals surface area contributed by atoms with Crippen LogP contribution in [0, 0.1) is 5.82 Å². The van der Waals surface area contributed by atoms with Crippen LogP contribution >= 0.6 is 0 Å². The third kappa shape index (κ3) is 5.23. The third-order valence-electron chi connectivity index (χ3n) is 5.65. The summed E-state index contributed by atoms with van der Waals surface area (Å²) in [5.41, 5.74) is 7.49. The van der Waals surface area contributed by atoms with Crippen LogP contribution in [0.2, 0.25) is 0 Å². The van der Waals surface area contributed by atoms with E-state index in [1.54, 1.807) is 11.0 Å². The molecule has 1 aliphatic rings. The van der Waals surface area contributed by atoms with E-state index in [1.165, 1.54) is 29.4 Å². The van der Waals surface area contributed by atoms with Gasteiger partial charge in [-0.3, -0.25) is 9.59 Å². The molecule has 10 heteroatoms. The molecule has 0 saturated carbocycles. The number of aromatic nitrogens is 2. The zero-order chi connectivity index (χ0) is 24.1. The van der Waals surface area contributed by atoms with E-state index in [4.69, 9.17) is 15.2 Å². The van der Waals surface area contributed by atoms with Crippen LogP contribution in [0.1, 0.15) is 12.5 Å². The molecule has 2 heterocycles. The van der Waals surface area contributed by atoms with Crippen molar-refractivity contribution >= 4 is 28.5 Å². The number of carbonyl (C=O) groups excluding carboxylic acids is 2. The fourth-order valence-electron chi connectivity index (χ4n) is 3.91. The van der Waals surface area contributed by atoms with Crippen molar-refractivity contribution in [2.24, 2.45) is 0 Å². The lowest BCUT2D eigenvalue weighted by Gasteiger charge is -2.40. The maximum Gasteiger partial charge on any atom is 0.261 e. The zero-order valence-corrected chi connectivity index (χ0v) is 18.8. The molecule has 2 amide bonds. The number of hydrogen-bond donors (Lipinski definition) is 1. The minimum atomic E-state index is -0.768. The molecule has 3 aromatic rings. The summed E-state index contributed by atoms with van der Waals surface area (Å²) >= 11 is 0. The molecule has 0 spiro atoms. The van der Waals surface area contributed by atoms with Gasteiger partial charge in [-0.2, -0.15) is 0 Å². The number of carbonyl (C=O) groups is 2. The highest BCUT2D eigenvalue weighted by Gasteiger charge is 2.37. The Labute approximate surface area is 196 Å². The number of nitrogen functional groups attached to an aromatic ring is 1. The van der Waals surface area contributed by atoms with Crippen LogP contribution in [-0.4, -0.2) is 70.5 Å². The number of amides is 2. The predicted octanol–water partition coefficient (Wildman–Crippen LogP) is 2.01. The number of hydrogen-bond acceptors (Lipinski definition) is 7. The fourth-order valence-corrected chi connectivity index (χ4v) is 3.91. The van der Waals surface area contributed by atoms with E-state index >= 15 is 0 Å². The second-order valence-corrected chi connectivity index (χ2v) is 7.88. The summed E-state index contributed by atoms with van der Waals surface area (Å²) < 4.78 is 24.3. The molecule has 1 aliphatic heterocycles. The standard InChI is InChI=1S/C24H26FN5O4/c1-2-33-13-21-24(32)29(12-16-6-7-19-20(10-16)27-15-28-23(19)26)8-9-30(21)22(31)14-34-18-5-3-4-17(25)11-18/h3-7,10-11,15,21H,2,8-9,12-14H2,1H3,(H2,26,27,28). The molecule has 0 bridgehead atoms. The molecule has 2 aromatic carbocycles. The number of piperazine rings is 1. The first-order valence-corrected chi connectivity index (χ1v) is 11.0. The van der Waals surface area contributed by atoms with Crippen LogP contribution in [0.3, 0.4) is 0 Å². The lowest BCUT2D eigenvalue weighted by Crippen LogP contribution is -2.60. The minimum absolute atomic E-state index is 0.0824. The molecule has 34 heavy (non-hydrogen) atoms. The Morgan fingerprint density at radius 1 is 1.21 bits per heavy atom. The Balaban J connectivity index is 1.45. The van der Waals surface area contributed by atoms with Crippen molar-refractivity contribution in [1.82, 2.24) is 19.8 Å². The first-order valence-electron chi connectivity index (χ1n) is 11.0. The molecule has 2 N–H and O–H groups in total. The summed E-state index contributed by atoms with van der Waals surface area (Å²) in [6.07, 6.45) is 1.40. The minimum Gasteiger partial charge on any atom is -0.484 e. The number of fused-ring (bicyclic) bond motifs is 1. The lowest BCUT2D eigenvalue weighted by molar-refractivity contribution is -0.155. The number of nitrogens with two attached hydrogens (primary N) is 1. The van der Waals surface area contributed by atoms with Gasteiger partial charge in [0, 0.05) is 37.7 Å². The second kappa shape index (κ2) is 10.4. The van der Waals surface area contributed by atoms with Crippen LogP contribution < -0.4 is 10.5 Å². The van der Waals surface area contributed by atoms with E-state index in [9.17, 15) is 14.0 Å². The molecule has 0 aliphatic carbocycles. The van der Waals surface area contributed by atoms with Crippen LogP contribution in [0.5, 0.6) is 5.75 Å². The van der Waals surface area contributed by atoms with Gasteiger partial charge >= 0.3 is 0 Å². The summed E-state index contributed by atoms with van der Waals surface area (Å²) in [7, 11) is 0. The van der Waals surface area contributed by atoms with Gasteiger partial charge in [0.15, 0.2) is 6.61 Å². The monoisotopic (exact) mass is 467 g/mol. The number of halogens is 1. The van der Waals surface area contributed by atoms with Gasteiger partial charge in [0.25, 0.3) is 5.91 Å². The van der Waals surface area contributed by atoms with E-state index in [1.807, 2.05) is 25.1 Å². The Bertz CT molecular complexity index is 1190. The van der Waals surface area contributed by atoms with Crippen molar-refractivity contribution in [3.63, 3.8) is 0 Å². The van der Waals surface area contributed by atoms with Gasteiger partial charge in [0.2, 0.25) is 5.91 Å². The van der Waals surface area contributed by atoms with Crippen LogP contribution in [0.25, 0.3) is 10.9 Å². The molecule has 4 rings (SSSR count). The molecular formula is C24H26FN5O4. The maximum atomic E-state index is 13.4. The van der Waals surface area contributed by atoms with Crippen molar-refractivity contribution < 1.29 is 23.5 Å². The average Bonchev–Trinajstić information content (AvgIpc) is 2.83. The largest absolute Gasteiger partial charge is 0.484 e. The number of nitrogens with zero attached hydrogens (tertiary/aromatic N) is 4. The molecule has 1 atom stereocenters. The van der Waals surface area contributed by atoms with Gasteiger partial charge < -0.3 is 25.0 Å². The van der Waals surface area contributed by atoms with Crippen molar-refractivity contribution in [3.8, 4) is 5.75 Å². The molecule has 1 unspecified atom stereocenters. The van der Waals surface area contributed by atoms with E-state index in [-0.39, 0.29) is 30.8 Å². The van der Waals surface area contributed by atoms with Crippen molar-refractivity contribution in [2.45, 2.75) is 19.5 Å². The lowest BCUT2D eigenvalue weighted by atomic mass is 10.1. The second-order valence-electron chi connectivity index (χ2n) is 7.88. The highest BCUT2D eigenvalue weighted by molar-refractivity contribution is 5.90. The van der Waals surface area contributed by atoms with Gasteiger partial charge in [-0.05, 0) is 36.8 Å². The van der Waals surface area contributed by atoms with Gasteiger partial charge in [-0.15, -0.1) is 0 Å². The van der Waals surface area contributed by atoms with Crippen LogP contribution in [0.15, 0.2) is 48.8 Å². The van der Waals surface area contributed by atoms with E-state index < -0.39 is 11.9 Å². The maximum absolute atomic E-state index is 13.4. The smallest absolute Gasteiger partial charge is 0.261 e. The van der Waals surface area contributed by atoms with Gasteiger partial charge in [0.05, 0.1) is 12.1 Å². The van der Waals surface area contributed by atoms with Crippen molar-refractivity contribution in [3.05, 3.63) is 60.2 Å². The van der Waals surface area contributed by atoms with E-state index in [2.05, 4.69) is 9.97 Å². The topological polar surface area (TPSA) is 111 Å². The predicted molar refractivity (Wildman–Crippen MR) is 123 cm³/mol. The summed E-state index contributed by atoms with van der Waals surface area (Å²) in [4.78, 5) is 37.6. The number of rotatable bonds is 8. The molecule has 0 radical (unpaired) electrons. The fraction of sp³-hybridized carbons (Fsp3) is 0.333. The highest BCUT2D eigenvalue weighted by atomic mass is 19.1. The Morgan fingerprint density at radius 2 is 2.06 bits per heavy atom. The van der Waals surface area contributed by atoms with Crippen molar-refractivity contribution in [2.75, 3.05) is 38.6 Å². The molecule has 9 nitrogen and oxygen atoms in total. The SMILES string of the molecule is CCOCC1C(=O)N(Cc2ccc3c(N)ncnc3c2)CCN1C(=O)COc1cccc(F)c1. The molecule has 1 fully saturated rings. The summed E-state index contributed by atoms with van der Waals surface area (Å²) in [5, 5.41) is 0.750. The van der Waals surface area contributed by atoms with Gasteiger partial charge in [-0.25, -0.2) is 14.4 Å². The summed E-state index contributed by atoms with van der Waals surface area (Å²) in [6, 6.07) is 10.4. The number of benzene rings is 2. The van der Waals surface area contributed by atoms with Crippen LogP contribution in [-0.2, 0) is 20.9 Å². The Hall–Kier alpha value is -3.79. The molecule has 1 aromatic heterocycles. The highest BCUT2D eigenvalue weighted by Crippen LogP contribution is 2.21. The summed E-state index contributed by atoms with van der Waals surface area (Å²) in [5.74, 6) is -0.371. The van der Waals surface area contributed by atoms with Crippen LogP contribution in [0.4, 0.5) is 10.2 Å². The average molecular weight is 468 g/mol. The first-order chi connectivity index (χ1) is 16.5. The molecule has 178 valence electrons. The summed E-state index contributed by atoms with van der Waals surface area (Å²) in [6.45, 7) is 3.08. The third-order valence-corrected chi connectivity index (χ3v) is 5.65. The number of ether oxygens (including phenoxy) is 2.